The number of furan rings is 1. The summed E-state index contributed by atoms with van der Waals surface area (Å²) in [4.78, 5) is 28.2. The monoisotopic (exact) mass is 327 g/mol. The number of carbonyl (C=O) groups is 2. The molecule has 2 amide bonds. The first-order valence-corrected chi connectivity index (χ1v) is 8.12. The van der Waals surface area contributed by atoms with Crippen LogP contribution in [-0.2, 0) is 4.79 Å². The lowest BCUT2D eigenvalue weighted by Gasteiger charge is -2.36. The van der Waals surface area contributed by atoms with E-state index in [1.807, 2.05) is 23.1 Å². The van der Waals surface area contributed by atoms with Crippen molar-refractivity contribution in [2.75, 3.05) is 37.6 Å². The van der Waals surface area contributed by atoms with Gasteiger partial charge in [0.05, 0.1) is 11.8 Å². The first-order chi connectivity index (χ1) is 11.7. The quantitative estimate of drug-likeness (QED) is 0.908. The number of hydrogen-bond acceptors (Lipinski definition) is 4. The van der Waals surface area contributed by atoms with E-state index in [1.54, 1.807) is 6.07 Å². The highest BCUT2D eigenvalue weighted by Gasteiger charge is 2.21. The van der Waals surface area contributed by atoms with Gasteiger partial charge in [-0.2, -0.15) is 0 Å². The van der Waals surface area contributed by atoms with E-state index >= 15 is 0 Å². The standard InChI is InChI=1S/C18H21N3O3/c22-17(6-8-19-18(23)15-7-13-24-14-15)21-11-9-20(10-12-21)16-4-2-1-3-5-16/h1-5,7,13-14H,6,8-12H2,(H,19,23). The van der Waals surface area contributed by atoms with Crippen LogP contribution in [0.4, 0.5) is 5.69 Å². The highest BCUT2D eigenvalue weighted by Crippen LogP contribution is 2.15. The summed E-state index contributed by atoms with van der Waals surface area (Å²) in [6.45, 7) is 3.42. The molecule has 1 aromatic carbocycles. The van der Waals surface area contributed by atoms with Gasteiger partial charge in [0.2, 0.25) is 5.91 Å². The average Bonchev–Trinajstić information content (AvgIpc) is 3.17. The number of rotatable bonds is 5. The molecule has 0 radical (unpaired) electrons. The van der Waals surface area contributed by atoms with Crippen molar-refractivity contribution in [2.24, 2.45) is 0 Å². The van der Waals surface area contributed by atoms with E-state index in [1.165, 1.54) is 18.2 Å². The van der Waals surface area contributed by atoms with Crippen molar-refractivity contribution < 1.29 is 14.0 Å². The van der Waals surface area contributed by atoms with Crippen LogP contribution in [0, 0.1) is 0 Å². The van der Waals surface area contributed by atoms with E-state index in [2.05, 4.69) is 22.3 Å². The van der Waals surface area contributed by atoms with Crippen LogP contribution in [0.1, 0.15) is 16.8 Å². The average molecular weight is 327 g/mol. The van der Waals surface area contributed by atoms with Crippen molar-refractivity contribution in [3.8, 4) is 0 Å². The highest BCUT2D eigenvalue weighted by atomic mass is 16.3. The molecular weight excluding hydrogens is 306 g/mol. The van der Waals surface area contributed by atoms with E-state index in [4.69, 9.17) is 4.42 Å². The van der Waals surface area contributed by atoms with Crippen LogP contribution in [0.3, 0.4) is 0 Å². The van der Waals surface area contributed by atoms with Crippen LogP contribution in [0.25, 0.3) is 0 Å². The Morgan fingerprint density at radius 1 is 1.04 bits per heavy atom. The maximum atomic E-state index is 12.2. The van der Waals surface area contributed by atoms with E-state index < -0.39 is 0 Å². The zero-order chi connectivity index (χ0) is 16.8. The maximum absolute atomic E-state index is 12.2. The van der Waals surface area contributed by atoms with Crippen molar-refractivity contribution in [1.29, 1.82) is 0 Å². The number of para-hydroxylation sites is 1. The molecule has 0 bridgehead atoms. The molecule has 1 aliphatic heterocycles. The lowest BCUT2D eigenvalue weighted by atomic mass is 10.2. The molecule has 1 fully saturated rings. The number of anilines is 1. The molecule has 0 saturated carbocycles. The Hall–Kier alpha value is -2.76. The summed E-state index contributed by atoms with van der Waals surface area (Å²) in [5.74, 6) is -0.138. The summed E-state index contributed by atoms with van der Waals surface area (Å²) in [7, 11) is 0. The second kappa shape index (κ2) is 7.68. The van der Waals surface area contributed by atoms with Crippen molar-refractivity contribution >= 4 is 17.5 Å². The summed E-state index contributed by atoms with van der Waals surface area (Å²) in [6, 6.07) is 11.8. The molecule has 1 aromatic heterocycles. The maximum Gasteiger partial charge on any atom is 0.254 e. The lowest BCUT2D eigenvalue weighted by Crippen LogP contribution is -2.49. The Bertz CT molecular complexity index is 662. The topological polar surface area (TPSA) is 65.8 Å². The number of nitrogens with one attached hydrogen (secondary N) is 1. The molecule has 6 heteroatoms. The van der Waals surface area contributed by atoms with E-state index in [9.17, 15) is 9.59 Å². The molecule has 24 heavy (non-hydrogen) atoms. The molecule has 0 aliphatic carbocycles. The number of carbonyl (C=O) groups excluding carboxylic acids is 2. The summed E-state index contributed by atoms with van der Waals surface area (Å²) in [5, 5.41) is 2.73. The molecule has 3 rings (SSSR count). The summed E-state index contributed by atoms with van der Waals surface area (Å²) in [6.07, 6.45) is 3.15. The van der Waals surface area contributed by atoms with Gasteiger partial charge in [-0.1, -0.05) is 18.2 Å². The highest BCUT2D eigenvalue weighted by molar-refractivity contribution is 5.94. The number of piperazine rings is 1. The SMILES string of the molecule is O=C(NCCC(=O)N1CCN(c2ccccc2)CC1)c1ccoc1. The van der Waals surface area contributed by atoms with E-state index in [0.717, 1.165) is 13.1 Å². The number of amides is 2. The van der Waals surface area contributed by atoms with Crippen molar-refractivity contribution in [3.63, 3.8) is 0 Å². The van der Waals surface area contributed by atoms with Crippen LogP contribution in [0.15, 0.2) is 53.3 Å². The molecule has 0 unspecified atom stereocenters. The van der Waals surface area contributed by atoms with E-state index in [-0.39, 0.29) is 11.8 Å². The smallest absolute Gasteiger partial charge is 0.254 e. The molecular formula is C18H21N3O3. The minimum absolute atomic E-state index is 0.0789. The Labute approximate surface area is 141 Å². The second-order valence-corrected chi connectivity index (χ2v) is 5.72. The molecule has 1 N–H and O–H groups in total. The molecule has 2 heterocycles. The van der Waals surface area contributed by atoms with Crippen molar-refractivity contribution in [2.45, 2.75) is 6.42 Å². The van der Waals surface area contributed by atoms with Gasteiger partial charge in [0.15, 0.2) is 0 Å². The Morgan fingerprint density at radius 2 is 1.79 bits per heavy atom. The van der Waals surface area contributed by atoms with Crippen LogP contribution < -0.4 is 10.2 Å². The summed E-state index contributed by atoms with van der Waals surface area (Å²) >= 11 is 0. The van der Waals surface area contributed by atoms with Gasteiger partial charge in [-0.05, 0) is 18.2 Å². The Morgan fingerprint density at radius 3 is 2.46 bits per heavy atom. The van der Waals surface area contributed by atoms with Crippen LogP contribution in [0.5, 0.6) is 0 Å². The molecule has 1 saturated heterocycles. The normalized spacial score (nSPS) is 14.5. The van der Waals surface area contributed by atoms with Gasteiger partial charge in [-0.15, -0.1) is 0 Å². The molecule has 0 spiro atoms. The lowest BCUT2D eigenvalue weighted by molar-refractivity contribution is -0.131. The molecule has 6 nitrogen and oxygen atoms in total. The molecule has 1 aliphatic rings. The molecule has 2 aromatic rings. The van der Waals surface area contributed by atoms with Crippen LogP contribution in [0.2, 0.25) is 0 Å². The third-order valence-electron chi connectivity index (χ3n) is 4.16. The third kappa shape index (κ3) is 3.95. The van der Waals surface area contributed by atoms with Gasteiger partial charge in [0.25, 0.3) is 5.91 Å². The fourth-order valence-electron chi connectivity index (χ4n) is 2.79. The largest absolute Gasteiger partial charge is 0.472 e. The van der Waals surface area contributed by atoms with Crippen LogP contribution >= 0.6 is 0 Å². The predicted octanol–water partition coefficient (Wildman–Crippen LogP) is 1.75. The first kappa shape index (κ1) is 16.1. The van der Waals surface area contributed by atoms with Gasteiger partial charge in [-0.3, -0.25) is 9.59 Å². The van der Waals surface area contributed by atoms with Crippen molar-refractivity contribution in [3.05, 3.63) is 54.5 Å². The zero-order valence-electron chi connectivity index (χ0n) is 13.5. The van der Waals surface area contributed by atoms with Gasteiger partial charge < -0.3 is 19.5 Å². The molecule has 126 valence electrons. The first-order valence-electron chi connectivity index (χ1n) is 8.12. The minimum atomic E-state index is -0.217. The number of benzene rings is 1. The number of hydrogen-bond donors (Lipinski definition) is 1. The summed E-state index contributed by atoms with van der Waals surface area (Å²) in [5.41, 5.74) is 1.66. The Kier molecular flexibility index (Phi) is 5.15. The fourth-order valence-corrected chi connectivity index (χ4v) is 2.79. The minimum Gasteiger partial charge on any atom is -0.472 e. The van der Waals surface area contributed by atoms with Gasteiger partial charge in [0.1, 0.15) is 6.26 Å². The number of nitrogens with zero attached hydrogens (tertiary/aromatic N) is 2. The van der Waals surface area contributed by atoms with Crippen molar-refractivity contribution in [1.82, 2.24) is 10.2 Å². The van der Waals surface area contributed by atoms with Gasteiger partial charge in [-0.25, -0.2) is 0 Å². The zero-order valence-corrected chi connectivity index (χ0v) is 13.5. The predicted molar refractivity (Wildman–Crippen MR) is 90.9 cm³/mol. The van der Waals surface area contributed by atoms with Gasteiger partial charge in [0, 0.05) is 44.8 Å². The Balaban J connectivity index is 1.40. The van der Waals surface area contributed by atoms with Gasteiger partial charge >= 0.3 is 0 Å². The summed E-state index contributed by atoms with van der Waals surface area (Å²) < 4.78 is 4.86. The van der Waals surface area contributed by atoms with Crippen LogP contribution in [-0.4, -0.2) is 49.4 Å². The van der Waals surface area contributed by atoms with E-state index in [0.29, 0.717) is 31.6 Å². The molecule has 0 atom stereocenters. The third-order valence-corrected chi connectivity index (χ3v) is 4.16. The second-order valence-electron chi connectivity index (χ2n) is 5.72. The fraction of sp³-hybridized carbons (Fsp3) is 0.333.